The largest absolute Gasteiger partial charge is 0.300 e. The van der Waals surface area contributed by atoms with Gasteiger partial charge in [0, 0.05) is 12.8 Å². The molecule has 13 heavy (non-hydrogen) atoms. The van der Waals surface area contributed by atoms with Gasteiger partial charge in [-0.3, -0.25) is 4.79 Å². The Labute approximate surface area is 85.7 Å². The van der Waals surface area contributed by atoms with Crippen molar-refractivity contribution < 1.29 is 4.79 Å². The predicted molar refractivity (Wildman–Crippen MR) is 59.2 cm³/mol. The van der Waals surface area contributed by atoms with Crippen LogP contribution in [-0.2, 0) is 4.79 Å². The van der Waals surface area contributed by atoms with Crippen molar-refractivity contribution in [1.82, 2.24) is 0 Å². The Hall–Kier alpha value is 0.0200. The van der Waals surface area contributed by atoms with Gasteiger partial charge >= 0.3 is 0 Å². The maximum Gasteiger partial charge on any atom is 0.133 e. The van der Waals surface area contributed by atoms with Gasteiger partial charge in [0.15, 0.2) is 0 Å². The van der Waals surface area contributed by atoms with Gasteiger partial charge in [0.1, 0.15) is 5.78 Å². The first kappa shape index (κ1) is 11.1. The fourth-order valence-electron chi connectivity index (χ4n) is 2.04. The summed E-state index contributed by atoms with van der Waals surface area (Å²) in [7, 11) is 0. The van der Waals surface area contributed by atoms with Crippen LogP contribution >= 0.6 is 11.8 Å². The molecule has 1 saturated carbocycles. The molecule has 1 rings (SSSR count). The van der Waals surface area contributed by atoms with Gasteiger partial charge in [-0.15, -0.1) is 0 Å². The lowest BCUT2D eigenvalue weighted by Crippen LogP contribution is -2.05. The van der Waals surface area contributed by atoms with Gasteiger partial charge in [0.25, 0.3) is 0 Å². The van der Waals surface area contributed by atoms with Crippen molar-refractivity contribution in [3.8, 4) is 0 Å². The second kappa shape index (κ2) is 6.47. The molecule has 0 heterocycles. The Morgan fingerprint density at radius 3 is 3.08 bits per heavy atom. The fraction of sp³-hybridized carbons (Fsp3) is 0.909. The lowest BCUT2D eigenvalue weighted by molar-refractivity contribution is -0.119. The van der Waals surface area contributed by atoms with Crippen molar-refractivity contribution in [3.05, 3.63) is 0 Å². The number of Topliss-reactive ketones (excluding diaryl/α,β-unsaturated/α-hetero) is 1. The maximum atomic E-state index is 11.3. The average molecular weight is 200 g/mol. The van der Waals surface area contributed by atoms with Crippen molar-refractivity contribution in [2.45, 2.75) is 44.9 Å². The number of ketones is 1. The third kappa shape index (κ3) is 4.70. The number of hydrogen-bond donors (Lipinski definition) is 0. The first-order chi connectivity index (χ1) is 6.33. The predicted octanol–water partition coefficient (Wildman–Crippen LogP) is 3.28. The molecule has 1 aliphatic rings. The Morgan fingerprint density at radius 1 is 1.46 bits per heavy atom. The summed E-state index contributed by atoms with van der Waals surface area (Å²) >= 11 is 1.91. The van der Waals surface area contributed by atoms with Crippen LogP contribution in [0.2, 0.25) is 0 Å². The van der Waals surface area contributed by atoms with E-state index in [1.807, 2.05) is 11.8 Å². The highest BCUT2D eigenvalue weighted by molar-refractivity contribution is 7.98. The molecule has 1 atom stereocenters. The van der Waals surface area contributed by atoms with Crippen LogP contribution in [0.4, 0.5) is 0 Å². The van der Waals surface area contributed by atoms with Gasteiger partial charge in [0.2, 0.25) is 0 Å². The Morgan fingerprint density at radius 2 is 2.31 bits per heavy atom. The molecule has 0 aliphatic heterocycles. The van der Waals surface area contributed by atoms with Gasteiger partial charge in [0.05, 0.1) is 0 Å². The van der Waals surface area contributed by atoms with Crippen molar-refractivity contribution in [2.75, 3.05) is 12.0 Å². The molecule has 2 heteroatoms. The molecule has 76 valence electrons. The minimum atomic E-state index is 0.506. The van der Waals surface area contributed by atoms with Gasteiger partial charge in [-0.1, -0.05) is 12.8 Å². The van der Waals surface area contributed by atoms with Crippen LogP contribution in [0.3, 0.4) is 0 Å². The minimum Gasteiger partial charge on any atom is -0.300 e. The molecule has 0 spiro atoms. The van der Waals surface area contributed by atoms with Gasteiger partial charge in [-0.25, -0.2) is 0 Å². The van der Waals surface area contributed by atoms with Crippen molar-refractivity contribution in [2.24, 2.45) is 5.92 Å². The van der Waals surface area contributed by atoms with Crippen LogP contribution in [-0.4, -0.2) is 17.8 Å². The Bertz CT molecular complexity index is 156. The molecule has 0 N–H and O–H groups in total. The van der Waals surface area contributed by atoms with Crippen LogP contribution in [0.1, 0.15) is 44.9 Å². The van der Waals surface area contributed by atoms with E-state index in [4.69, 9.17) is 0 Å². The highest BCUT2D eigenvalue weighted by Gasteiger charge is 2.16. The van der Waals surface area contributed by atoms with E-state index in [0.29, 0.717) is 11.7 Å². The third-order valence-electron chi connectivity index (χ3n) is 2.80. The van der Waals surface area contributed by atoms with Gasteiger partial charge in [-0.05, 0) is 37.2 Å². The molecule has 0 bridgehead atoms. The highest BCUT2D eigenvalue weighted by Crippen LogP contribution is 2.24. The summed E-state index contributed by atoms with van der Waals surface area (Å²) in [5.74, 6) is 2.47. The lowest BCUT2D eigenvalue weighted by atomic mass is 9.95. The normalized spacial score (nSPS) is 24.4. The van der Waals surface area contributed by atoms with E-state index in [9.17, 15) is 4.79 Å². The number of rotatable bonds is 4. The molecule has 1 fully saturated rings. The van der Waals surface area contributed by atoms with E-state index < -0.39 is 0 Å². The van der Waals surface area contributed by atoms with Crippen molar-refractivity contribution >= 4 is 17.5 Å². The summed E-state index contributed by atoms with van der Waals surface area (Å²) in [6.07, 6.45) is 10.1. The van der Waals surface area contributed by atoms with E-state index in [0.717, 1.165) is 19.3 Å². The number of hydrogen-bond acceptors (Lipinski definition) is 2. The van der Waals surface area contributed by atoms with Crippen LogP contribution in [0.5, 0.6) is 0 Å². The quantitative estimate of drug-likeness (QED) is 0.512. The zero-order chi connectivity index (χ0) is 9.52. The van der Waals surface area contributed by atoms with Crippen LogP contribution in [0, 0.1) is 5.92 Å². The van der Waals surface area contributed by atoms with Crippen LogP contribution < -0.4 is 0 Å². The fourth-order valence-corrected chi connectivity index (χ4v) is 2.50. The molecule has 0 aromatic heterocycles. The summed E-state index contributed by atoms with van der Waals surface area (Å²) in [6, 6.07) is 0. The summed E-state index contributed by atoms with van der Waals surface area (Å²) in [5.41, 5.74) is 0. The Kier molecular flexibility index (Phi) is 5.52. The smallest absolute Gasteiger partial charge is 0.133 e. The number of thioether (sulfide) groups is 1. The zero-order valence-corrected chi connectivity index (χ0v) is 9.37. The molecule has 1 unspecified atom stereocenters. The number of carbonyl (C=O) groups is 1. The second-order valence-corrected chi connectivity index (χ2v) is 4.98. The SMILES string of the molecule is CSCCCC1CCCCC(=O)C1. The summed E-state index contributed by atoms with van der Waals surface area (Å²) < 4.78 is 0. The van der Waals surface area contributed by atoms with Crippen molar-refractivity contribution in [1.29, 1.82) is 0 Å². The van der Waals surface area contributed by atoms with Crippen LogP contribution in [0.15, 0.2) is 0 Å². The van der Waals surface area contributed by atoms with E-state index in [1.54, 1.807) is 0 Å². The van der Waals surface area contributed by atoms with Gasteiger partial charge < -0.3 is 0 Å². The molecule has 1 nitrogen and oxygen atoms in total. The first-order valence-corrected chi connectivity index (χ1v) is 6.73. The van der Waals surface area contributed by atoms with E-state index in [-0.39, 0.29) is 0 Å². The molecular formula is C11H20OS. The Balaban J connectivity index is 2.19. The molecule has 0 amide bonds. The molecular weight excluding hydrogens is 180 g/mol. The third-order valence-corrected chi connectivity index (χ3v) is 3.49. The van der Waals surface area contributed by atoms with E-state index >= 15 is 0 Å². The van der Waals surface area contributed by atoms with Crippen molar-refractivity contribution in [3.63, 3.8) is 0 Å². The monoisotopic (exact) mass is 200 g/mol. The first-order valence-electron chi connectivity index (χ1n) is 5.33. The number of carbonyl (C=O) groups excluding carboxylic acids is 1. The van der Waals surface area contributed by atoms with Gasteiger partial charge in [-0.2, -0.15) is 11.8 Å². The molecule has 0 aromatic rings. The summed E-state index contributed by atoms with van der Waals surface area (Å²) in [4.78, 5) is 11.3. The lowest BCUT2D eigenvalue weighted by Gasteiger charge is -2.11. The molecule has 0 saturated heterocycles. The van der Waals surface area contributed by atoms with E-state index in [1.165, 1.54) is 31.4 Å². The zero-order valence-electron chi connectivity index (χ0n) is 8.55. The standard InChI is InChI=1S/C11H20OS/c1-13-8-4-6-10-5-2-3-7-11(12)9-10/h10H,2-9H2,1H3. The van der Waals surface area contributed by atoms with Crippen LogP contribution in [0.25, 0.3) is 0 Å². The highest BCUT2D eigenvalue weighted by atomic mass is 32.2. The average Bonchev–Trinajstić information content (AvgIpc) is 2.31. The second-order valence-electron chi connectivity index (χ2n) is 3.99. The summed E-state index contributed by atoms with van der Waals surface area (Å²) in [6.45, 7) is 0. The maximum absolute atomic E-state index is 11.3. The summed E-state index contributed by atoms with van der Waals surface area (Å²) in [5, 5.41) is 0. The molecule has 0 radical (unpaired) electrons. The minimum absolute atomic E-state index is 0.506. The topological polar surface area (TPSA) is 17.1 Å². The molecule has 0 aromatic carbocycles. The molecule has 1 aliphatic carbocycles. The van der Waals surface area contributed by atoms with E-state index in [2.05, 4.69) is 6.26 Å².